The zero-order valence-corrected chi connectivity index (χ0v) is 24.0. The SMILES string of the molecule is CCNC(=O)Nc1cc(-c2nc(C(F)(F)F)cs2)c(-c2ccc3c(c2)c(=O)c(C(=O)OCC)cn3C(C)COC)cn1. The van der Waals surface area contributed by atoms with E-state index in [0.29, 0.717) is 29.8 Å². The van der Waals surface area contributed by atoms with Crippen molar-refractivity contribution in [2.75, 3.05) is 32.2 Å². The number of urea groups is 1. The molecule has 0 saturated heterocycles. The van der Waals surface area contributed by atoms with Gasteiger partial charge in [-0.25, -0.2) is 19.6 Å². The highest BCUT2D eigenvalue weighted by Crippen LogP contribution is 2.39. The number of benzene rings is 1. The molecule has 2 N–H and O–H groups in total. The first-order chi connectivity index (χ1) is 20.0. The molecule has 0 radical (unpaired) electrons. The molecule has 1 aromatic carbocycles. The van der Waals surface area contributed by atoms with Crippen LogP contribution >= 0.6 is 11.3 Å². The zero-order valence-electron chi connectivity index (χ0n) is 23.2. The van der Waals surface area contributed by atoms with Crippen molar-refractivity contribution in [1.82, 2.24) is 19.9 Å². The third-order valence-electron chi connectivity index (χ3n) is 6.23. The van der Waals surface area contributed by atoms with E-state index in [1.807, 2.05) is 6.92 Å². The van der Waals surface area contributed by atoms with Crippen LogP contribution in [-0.4, -0.2) is 53.4 Å². The molecule has 0 spiro atoms. The van der Waals surface area contributed by atoms with Gasteiger partial charge in [0.15, 0.2) is 5.69 Å². The Bertz CT molecular complexity index is 1680. The van der Waals surface area contributed by atoms with Crippen LogP contribution in [0.4, 0.5) is 23.8 Å². The summed E-state index contributed by atoms with van der Waals surface area (Å²) in [5.74, 6) is -0.691. The van der Waals surface area contributed by atoms with E-state index in [1.54, 1.807) is 36.6 Å². The van der Waals surface area contributed by atoms with Gasteiger partial charge < -0.3 is 19.4 Å². The number of esters is 1. The second kappa shape index (κ2) is 12.7. The van der Waals surface area contributed by atoms with E-state index in [4.69, 9.17) is 9.47 Å². The number of amides is 2. The maximum absolute atomic E-state index is 13.5. The van der Waals surface area contributed by atoms with Crippen molar-refractivity contribution in [3.8, 4) is 21.7 Å². The predicted octanol–water partition coefficient (Wildman–Crippen LogP) is 5.73. The number of hydrogen-bond acceptors (Lipinski definition) is 8. The summed E-state index contributed by atoms with van der Waals surface area (Å²) in [4.78, 5) is 46.3. The van der Waals surface area contributed by atoms with E-state index in [1.165, 1.54) is 25.6 Å². The summed E-state index contributed by atoms with van der Waals surface area (Å²) in [7, 11) is 1.54. The Kier molecular flexibility index (Phi) is 9.27. The molecule has 1 unspecified atom stereocenters. The van der Waals surface area contributed by atoms with Crippen LogP contribution in [0.2, 0.25) is 0 Å². The van der Waals surface area contributed by atoms with E-state index in [0.717, 1.165) is 16.7 Å². The molecule has 222 valence electrons. The fraction of sp³-hybridized carbons (Fsp3) is 0.321. The third-order valence-corrected chi connectivity index (χ3v) is 7.10. The average molecular weight is 604 g/mol. The number of carbonyl (C=O) groups is 2. The summed E-state index contributed by atoms with van der Waals surface area (Å²) in [6, 6.07) is 5.54. The van der Waals surface area contributed by atoms with Crippen molar-refractivity contribution in [2.45, 2.75) is 33.0 Å². The summed E-state index contributed by atoms with van der Waals surface area (Å²) in [5.41, 5.74) is -0.231. The lowest BCUT2D eigenvalue weighted by atomic mass is 9.99. The molecule has 3 heterocycles. The number of alkyl halides is 3. The van der Waals surface area contributed by atoms with Crippen LogP contribution in [0.25, 0.3) is 32.6 Å². The molecule has 0 fully saturated rings. The second-order valence-corrected chi connectivity index (χ2v) is 10.0. The highest BCUT2D eigenvalue weighted by atomic mass is 32.1. The molecule has 0 bridgehead atoms. The van der Waals surface area contributed by atoms with Crippen molar-refractivity contribution >= 4 is 40.1 Å². The number of rotatable bonds is 9. The van der Waals surface area contributed by atoms with Gasteiger partial charge in [0.25, 0.3) is 0 Å². The highest BCUT2D eigenvalue weighted by molar-refractivity contribution is 7.13. The molecule has 2 amide bonds. The van der Waals surface area contributed by atoms with Gasteiger partial charge in [-0.1, -0.05) is 6.07 Å². The topological polar surface area (TPSA) is 124 Å². The number of halogens is 3. The van der Waals surface area contributed by atoms with Crippen molar-refractivity contribution in [2.24, 2.45) is 0 Å². The Morgan fingerprint density at radius 3 is 2.57 bits per heavy atom. The van der Waals surface area contributed by atoms with Crippen molar-refractivity contribution in [3.05, 3.63) is 63.5 Å². The fourth-order valence-corrected chi connectivity index (χ4v) is 5.20. The molecule has 10 nitrogen and oxygen atoms in total. The number of ether oxygens (including phenoxy) is 2. The lowest BCUT2D eigenvalue weighted by Crippen LogP contribution is -2.28. The lowest BCUT2D eigenvalue weighted by molar-refractivity contribution is -0.140. The first-order valence-corrected chi connectivity index (χ1v) is 13.8. The van der Waals surface area contributed by atoms with Gasteiger partial charge in [0.2, 0.25) is 5.43 Å². The van der Waals surface area contributed by atoms with Crippen LogP contribution in [-0.2, 0) is 15.7 Å². The van der Waals surface area contributed by atoms with Crippen molar-refractivity contribution in [3.63, 3.8) is 0 Å². The maximum Gasteiger partial charge on any atom is 0.434 e. The van der Waals surface area contributed by atoms with E-state index < -0.39 is 29.3 Å². The predicted molar refractivity (Wildman–Crippen MR) is 153 cm³/mol. The summed E-state index contributed by atoms with van der Waals surface area (Å²) in [5, 5.41) is 6.23. The van der Waals surface area contributed by atoms with Gasteiger partial charge in [-0.3, -0.25) is 10.1 Å². The molecule has 4 aromatic rings. The molecule has 14 heteroatoms. The molecule has 3 aromatic heterocycles. The standard InChI is InChI=1S/C28H28F3N5O5S/c1-5-32-27(39)35-23-10-17(25-34-22(14-42-25)28(29,30)31)19(11-33-23)16-7-8-21-18(9-16)24(37)20(26(38)41-6-2)12-36(21)15(3)13-40-4/h7-12,14-15H,5-6,13H2,1-4H3,(H2,32,33,35,39). The minimum atomic E-state index is -4.65. The van der Waals surface area contributed by atoms with E-state index in [2.05, 4.69) is 20.6 Å². The van der Waals surface area contributed by atoms with Gasteiger partial charge in [-0.2, -0.15) is 13.2 Å². The van der Waals surface area contributed by atoms with Gasteiger partial charge in [0.1, 0.15) is 16.4 Å². The number of nitrogens with zero attached hydrogens (tertiary/aromatic N) is 3. The summed E-state index contributed by atoms with van der Waals surface area (Å²) in [6.45, 7) is 5.94. The van der Waals surface area contributed by atoms with Crippen LogP contribution in [0.15, 0.2) is 46.8 Å². The fourth-order valence-electron chi connectivity index (χ4n) is 4.34. The Hall–Kier alpha value is -4.30. The van der Waals surface area contributed by atoms with Crippen LogP contribution in [0.3, 0.4) is 0 Å². The Morgan fingerprint density at radius 1 is 1.17 bits per heavy atom. The Balaban J connectivity index is 1.94. The van der Waals surface area contributed by atoms with Crippen molar-refractivity contribution in [1.29, 1.82) is 0 Å². The van der Waals surface area contributed by atoms with Crippen molar-refractivity contribution < 1.29 is 32.2 Å². The smallest absolute Gasteiger partial charge is 0.434 e. The first-order valence-electron chi connectivity index (χ1n) is 12.9. The molecule has 42 heavy (non-hydrogen) atoms. The molecular weight excluding hydrogens is 575 g/mol. The van der Waals surface area contributed by atoms with Crippen LogP contribution < -0.4 is 16.1 Å². The van der Waals surface area contributed by atoms with E-state index >= 15 is 0 Å². The minimum absolute atomic E-state index is 0.0326. The third kappa shape index (κ3) is 6.44. The van der Waals surface area contributed by atoms with Gasteiger partial charge in [-0.05, 0) is 44.5 Å². The monoisotopic (exact) mass is 603 g/mol. The summed E-state index contributed by atoms with van der Waals surface area (Å²) in [6.07, 6.45) is -1.83. The maximum atomic E-state index is 13.5. The number of fused-ring (bicyclic) bond motifs is 1. The molecule has 0 aliphatic heterocycles. The molecule has 4 rings (SSSR count). The molecule has 1 atom stereocenters. The molecule has 0 saturated carbocycles. The van der Waals surface area contributed by atoms with E-state index in [-0.39, 0.29) is 40.0 Å². The minimum Gasteiger partial charge on any atom is -0.462 e. The van der Waals surface area contributed by atoms with Crippen LogP contribution in [0, 0.1) is 0 Å². The quantitative estimate of drug-likeness (QED) is 0.234. The summed E-state index contributed by atoms with van der Waals surface area (Å²) >= 11 is 0.778. The molecular formula is C28H28F3N5O5S. The number of carbonyl (C=O) groups excluding carboxylic acids is 2. The summed E-state index contributed by atoms with van der Waals surface area (Å²) < 4.78 is 52.3. The van der Waals surface area contributed by atoms with Gasteiger partial charge >= 0.3 is 18.2 Å². The normalized spacial score (nSPS) is 12.3. The Labute approximate surface area is 242 Å². The lowest BCUT2D eigenvalue weighted by Gasteiger charge is -2.20. The Morgan fingerprint density at radius 2 is 1.93 bits per heavy atom. The van der Waals surface area contributed by atoms with Gasteiger partial charge in [0, 0.05) is 47.9 Å². The van der Waals surface area contributed by atoms with E-state index in [9.17, 15) is 27.6 Å². The highest BCUT2D eigenvalue weighted by Gasteiger charge is 2.34. The zero-order chi connectivity index (χ0) is 30.6. The molecule has 0 aliphatic carbocycles. The second-order valence-electron chi connectivity index (χ2n) is 9.17. The number of nitrogens with one attached hydrogen (secondary N) is 2. The number of anilines is 1. The largest absolute Gasteiger partial charge is 0.462 e. The number of hydrogen-bond donors (Lipinski definition) is 2. The van der Waals surface area contributed by atoms with Crippen LogP contribution in [0.5, 0.6) is 0 Å². The van der Waals surface area contributed by atoms with Gasteiger partial charge in [-0.15, -0.1) is 11.3 Å². The number of thiazole rings is 1. The number of methoxy groups -OCH3 is 1. The van der Waals surface area contributed by atoms with Crippen LogP contribution in [0.1, 0.15) is 42.9 Å². The first kappa shape index (κ1) is 30.7. The van der Waals surface area contributed by atoms with Gasteiger partial charge in [0.05, 0.1) is 24.8 Å². The number of pyridine rings is 2. The average Bonchev–Trinajstić information content (AvgIpc) is 3.45. The molecule has 0 aliphatic rings. The number of aromatic nitrogens is 3.